The highest BCUT2D eigenvalue weighted by atomic mass is 16.8. The average molecular weight is 951 g/mol. The van der Waals surface area contributed by atoms with Crippen molar-refractivity contribution in [1.29, 1.82) is 0 Å². The van der Waals surface area contributed by atoms with Crippen LogP contribution in [0.4, 0.5) is 0 Å². The van der Waals surface area contributed by atoms with E-state index >= 15 is 0 Å². The predicted octanol–water partition coefficient (Wildman–Crippen LogP) is 6.69. The maximum atomic E-state index is 14.2. The van der Waals surface area contributed by atoms with Crippen LogP contribution in [-0.2, 0) is 47.4 Å². The quantitative estimate of drug-likeness (QED) is 0.0895. The van der Waals surface area contributed by atoms with Gasteiger partial charge in [0.15, 0.2) is 24.8 Å². The van der Waals surface area contributed by atoms with Crippen LogP contribution in [-0.4, -0.2) is 110 Å². The smallest absolute Gasteiger partial charge is 0.340 e. The zero-order chi connectivity index (χ0) is 48.4. The molecule has 1 unspecified atom stereocenters. The summed E-state index contributed by atoms with van der Waals surface area (Å²) in [6, 6.07) is 48.8. The standard InChI is InChI=1S/C54H46O16/c55-41-44(65-48(57)34-21-9-2-10-22-34)42-40(32-62-52(68-42)38-29-17-6-18-30-38)63-53(41)69-43-39(31-61-47(56)33-19-7-1-8-20-33)64-54(70-51(60)37-27-15-5-16-28-37)46(67-50(59)36-25-13-4-14-26-36)45(43)66-49(58)35-23-11-3-12-24-35/h1-30,39-46,52-55H,31-32H2/t39-,40-,41-,42+,43-,44-,45+,46+,52?,53+,54-/m1/s1. The van der Waals surface area contributed by atoms with Gasteiger partial charge in [-0.2, -0.15) is 0 Å². The van der Waals surface area contributed by atoms with E-state index in [4.69, 9.17) is 47.4 Å². The van der Waals surface area contributed by atoms with Crippen LogP contribution in [0.5, 0.6) is 0 Å². The van der Waals surface area contributed by atoms with Gasteiger partial charge in [0.1, 0.15) is 37.1 Å². The van der Waals surface area contributed by atoms with E-state index in [1.807, 2.05) is 6.07 Å². The highest BCUT2D eigenvalue weighted by Crippen LogP contribution is 2.39. The number of rotatable bonds is 14. The summed E-state index contributed by atoms with van der Waals surface area (Å²) in [6.07, 6.45) is -16.9. The molecule has 3 aliphatic heterocycles. The largest absolute Gasteiger partial charge is 0.459 e. The van der Waals surface area contributed by atoms with E-state index in [0.29, 0.717) is 5.56 Å². The fraction of sp³-hybridized carbons (Fsp3) is 0.241. The minimum Gasteiger partial charge on any atom is -0.459 e. The van der Waals surface area contributed by atoms with Crippen molar-refractivity contribution in [2.45, 2.75) is 67.7 Å². The maximum Gasteiger partial charge on any atom is 0.340 e. The second-order valence-corrected chi connectivity index (χ2v) is 16.3. The maximum absolute atomic E-state index is 14.2. The number of carbonyl (C=O) groups excluding carboxylic acids is 5. The van der Waals surface area contributed by atoms with Crippen LogP contribution in [0.25, 0.3) is 0 Å². The first kappa shape index (κ1) is 47.5. The van der Waals surface area contributed by atoms with Crippen LogP contribution in [0.2, 0.25) is 0 Å². The van der Waals surface area contributed by atoms with E-state index < -0.39 is 104 Å². The highest BCUT2D eigenvalue weighted by molar-refractivity contribution is 5.92. The number of aliphatic hydroxyl groups is 1. The summed E-state index contributed by atoms with van der Waals surface area (Å²) in [7, 11) is 0. The van der Waals surface area contributed by atoms with Crippen molar-refractivity contribution in [2.75, 3.05) is 13.2 Å². The van der Waals surface area contributed by atoms with Crippen LogP contribution in [0.1, 0.15) is 63.6 Å². The molecule has 3 aliphatic rings. The molecule has 16 heteroatoms. The first-order valence-corrected chi connectivity index (χ1v) is 22.4. The van der Waals surface area contributed by atoms with Gasteiger partial charge in [-0.05, 0) is 60.7 Å². The van der Waals surface area contributed by atoms with Gasteiger partial charge >= 0.3 is 29.8 Å². The molecule has 11 atom stereocenters. The lowest BCUT2D eigenvalue weighted by molar-refractivity contribution is -0.382. The van der Waals surface area contributed by atoms with E-state index in [1.54, 1.807) is 127 Å². The summed E-state index contributed by atoms with van der Waals surface area (Å²) in [5, 5.41) is 12.4. The SMILES string of the molecule is O=C(OC[C@H]1O[C@H](OC(=O)c2ccccc2)[C@@H](OC(=O)c2ccccc2)[C@@H](OC(=O)c2ccccc2)[C@@H]1O[C@@H]1O[C@@H]2COC(c3ccccc3)O[C@@H]2[C@H](OC(=O)c2ccccc2)[C@H]1O)c1ccccc1. The van der Waals surface area contributed by atoms with Gasteiger partial charge in [0.05, 0.1) is 34.4 Å². The molecule has 0 aromatic heterocycles. The zero-order valence-electron chi connectivity index (χ0n) is 37.2. The topological polar surface area (TPSA) is 198 Å². The molecule has 0 bridgehead atoms. The Morgan fingerprint density at radius 3 is 1.34 bits per heavy atom. The Morgan fingerprint density at radius 1 is 0.443 bits per heavy atom. The fourth-order valence-corrected chi connectivity index (χ4v) is 8.14. The predicted molar refractivity (Wildman–Crippen MR) is 244 cm³/mol. The van der Waals surface area contributed by atoms with Gasteiger partial charge < -0.3 is 52.5 Å². The number of hydrogen-bond acceptors (Lipinski definition) is 16. The second kappa shape index (κ2) is 22.2. The Labute approximate surface area is 401 Å². The van der Waals surface area contributed by atoms with Gasteiger partial charge in [0.2, 0.25) is 12.4 Å². The zero-order valence-corrected chi connectivity index (χ0v) is 37.2. The molecule has 0 radical (unpaired) electrons. The first-order valence-electron chi connectivity index (χ1n) is 22.4. The lowest BCUT2D eigenvalue weighted by atomic mass is 9.95. The monoisotopic (exact) mass is 950 g/mol. The number of esters is 5. The molecular formula is C54H46O16. The molecule has 0 aliphatic carbocycles. The van der Waals surface area contributed by atoms with Crippen LogP contribution in [0, 0.1) is 0 Å². The molecule has 3 fully saturated rings. The highest BCUT2D eigenvalue weighted by Gasteiger charge is 2.58. The molecule has 6 aromatic rings. The van der Waals surface area contributed by atoms with Gasteiger partial charge in [0.25, 0.3) is 0 Å². The third-order valence-electron chi connectivity index (χ3n) is 11.6. The van der Waals surface area contributed by atoms with Crippen molar-refractivity contribution in [1.82, 2.24) is 0 Å². The Hall–Kier alpha value is -7.57. The van der Waals surface area contributed by atoms with Crippen molar-refractivity contribution < 1.29 is 76.4 Å². The molecule has 9 rings (SSSR count). The number of ether oxygens (including phenoxy) is 10. The van der Waals surface area contributed by atoms with Gasteiger partial charge in [-0.3, -0.25) is 0 Å². The third-order valence-corrected chi connectivity index (χ3v) is 11.6. The lowest BCUT2D eigenvalue weighted by Crippen LogP contribution is -2.67. The Kier molecular flexibility index (Phi) is 15.1. The molecule has 3 saturated heterocycles. The van der Waals surface area contributed by atoms with Crippen LogP contribution < -0.4 is 0 Å². The van der Waals surface area contributed by atoms with Gasteiger partial charge in [0, 0.05) is 5.56 Å². The number of benzene rings is 6. The number of hydrogen-bond donors (Lipinski definition) is 1. The molecule has 16 nitrogen and oxygen atoms in total. The minimum atomic E-state index is -1.86. The van der Waals surface area contributed by atoms with E-state index in [-0.39, 0.29) is 34.4 Å². The molecule has 0 saturated carbocycles. The summed E-state index contributed by atoms with van der Waals surface area (Å²) in [4.78, 5) is 69.5. The molecule has 0 spiro atoms. The van der Waals surface area contributed by atoms with Gasteiger partial charge in [-0.15, -0.1) is 0 Å². The van der Waals surface area contributed by atoms with Crippen molar-refractivity contribution >= 4 is 29.8 Å². The lowest BCUT2D eigenvalue weighted by Gasteiger charge is -2.50. The summed E-state index contributed by atoms with van der Waals surface area (Å²) in [6.45, 7) is -0.792. The van der Waals surface area contributed by atoms with E-state index in [9.17, 15) is 29.1 Å². The fourth-order valence-electron chi connectivity index (χ4n) is 8.14. The van der Waals surface area contributed by atoms with E-state index in [0.717, 1.165) is 0 Å². The number of aliphatic hydroxyl groups excluding tert-OH is 1. The van der Waals surface area contributed by atoms with Crippen molar-refractivity contribution in [3.8, 4) is 0 Å². The molecule has 358 valence electrons. The number of fused-ring (bicyclic) bond motifs is 1. The Balaban J connectivity index is 1.11. The molecule has 0 amide bonds. The minimum absolute atomic E-state index is 0.0694. The molecule has 3 heterocycles. The summed E-state index contributed by atoms with van der Waals surface area (Å²) < 4.78 is 62.2. The van der Waals surface area contributed by atoms with Crippen LogP contribution in [0.15, 0.2) is 182 Å². The van der Waals surface area contributed by atoms with Gasteiger partial charge in [-0.25, -0.2) is 24.0 Å². The molecule has 70 heavy (non-hydrogen) atoms. The van der Waals surface area contributed by atoms with Crippen LogP contribution in [0.3, 0.4) is 0 Å². The summed E-state index contributed by atoms with van der Waals surface area (Å²) in [5.41, 5.74) is 1.24. The molecular weight excluding hydrogens is 905 g/mol. The number of carbonyl (C=O) groups is 5. The summed E-state index contributed by atoms with van der Waals surface area (Å²) >= 11 is 0. The van der Waals surface area contributed by atoms with Crippen molar-refractivity contribution in [2.24, 2.45) is 0 Å². The normalized spacial score (nSPS) is 26.0. The third kappa shape index (κ3) is 11.1. The first-order chi connectivity index (χ1) is 34.2. The van der Waals surface area contributed by atoms with Crippen LogP contribution >= 0.6 is 0 Å². The Bertz CT molecular complexity index is 2690. The van der Waals surface area contributed by atoms with Gasteiger partial charge in [-0.1, -0.05) is 121 Å². The van der Waals surface area contributed by atoms with Crippen molar-refractivity contribution in [3.05, 3.63) is 215 Å². The Morgan fingerprint density at radius 2 is 0.857 bits per heavy atom. The second-order valence-electron chi connectivity index (χ2n) is 16.3. The van der Waals surface area contributed by atoms with E-state index in [1.165, 1.54) is 48.5 Å². The molecule has 1 N–H and O–H groups in total. The average Bonchev–Trinajstić information content (AvgIpc) is 3.41. The summed E-state index contributed by atoms with van der Waals surface area (Å²) in [5.74, 6) is -4.36. The van der Waals surface area contributed by atoms with E-state index in [2.05, 4.69) is 0 Å². The van der Waals surface area contributed by atoms with Crippen molar-refractivity contribution in [3.63, 3.8) is 0 Å². The molecule has 6 aromatic carbocycles.